The molecule has 2 heterocycles. The van der Waals surface area contributed by atoms with Crippen LogP contribution in [0, 0.1) is 12.8 Å². The smallest absolute Gasteiger partial charge is 0.267 e. The average Bonchev–Trinajstić information content (AvgIpc) is 2.55. The minimum Gasteiger partial charge on any atom is -0.354 e. The van der Waals surface area contributed by atoms with Crippen molar-refractivity contribution in [3.63, 3.8) is 0 Å². The first kappa shape index (κ1) is 20.6. The fraction of sp³-hybridized carbons (Fsp3) is 0.737. The van der Waals surface area contributed by atoms with E-state index >= 15 is 0 Å². The summed E-state index contributed by atoms with van der Waals surface area (Å²) < 4.78 is 14.3. The van der Waals surface area contributed by atoms with Crippen LogP contribution < -0.4 is 10.9 Å². The predicted octanol–water partition coefficient (Wildman–Crippen LogP) is 1.86. The normalized spacial score (nSPS) is 16.5. The summed E-state index contributed by atoms with van der Waals surface area (Å²) in [6, 6.07) is 0.948. The second-order valence-electron chi connectivity index (χ2n) is 7.60. The molecule has 1 aliphatic rings. The zero-order chi connectivity index (χ0) is 19.3. The molecule has 1 aliphatic heterocycles. The SMILES string of the molecule is CCCNC(=O)C(CC(C)C)n1nc(CCN2CC(F)C2)c(C)cc1=O. The Bertz CT molecular complexity index is 668. The Kier molecular flexibility index (Phi) is 7.32. The molecule has 0 aliphatic carbocycles. The zero-order valence-corrected chi connectivity index (χ0v) is 16.3. The standard InChI is InChI=1S/C19H31FN4O2/c1-5-7-21-19(26)17(9-13(2)3)24-18(25)10-14(4)16(22-24)6-8-23-11-15(20)12-23/h10,13,15,17H,5-9,11-12H2,1-4H3,(H,21,26). The summed E-state index contributed by atoms with van der Waals surface area (Å²) in [5, 5.41) is 7.41. The van der Waals surface area contributed by atoms with Gasteiger partial charge in [-0.1, -0.05) is 20.8 Å². The molecule has 6 nitrogen and oxygen atoms in total. The minimum absolute atomic E-state index is 0.159. The van der Waals surface area contributed by atoms with E-state index in [9.17, 15) is 14.0 Å². The molecule has 1 amide bonds. The number of amides is 1. The summed E-state index contributed by atoms with van der Waals surface area (Å²) in [6.07, 6.45) is 1.31. The minimum atomic E-state index is -0.726. The van der Waals surface area contributed by atoms with Crippen LogP contribution in [0.1, 0.15) is 50.9 Å². The number of nitrogens with zero attached hydrogens (tertiary/aromatic N) is 3. The molecule has 7 heteroatoms. The Morgan fingerprint density at radius 1 is 1.42 bits per heavy atom. The van der Waals surface area contributed by atoms with E-state index in [1.54, 1.807) is 6.07 Å². The number of carbonyl (C=O) groups excluding carboxylic acids is 1. The van der Waals surface area contributed by atoms with Crippen LogP contribution in [0.4, 0.5) is 4.39 Å². The summed E-state index contributed by atoms with van der Waals surface area (Å²) in [6.45, 7) is 10.1. The van der Waals surface area contributed by atoms with E-state index in [4.69, 9.17) is 0 Å². The zero-order valence-electron chi connectivity index (χ0n) is 16.3. The Morgan fingerprint density at radius 3 is 2.69 bits per heavy atom. The first-order valence-corrected chi connectivity index (χ1v) is 9.55. The second kappa shape index (κ2) is 9.26. The topological polar surface area (TPSA) is 67.2 Å². The average molecular weight is 366 g/mol. The summed E-state index contributed by atoms with van der Waals surface area (Å²) in [4.78, 5) is 27.1. The molecule has 146 valence electrons. The van der Waals surface area contributed by atoms with Crippen molar-refractivity contribution in [3.05, 3.63) is 27.7 Å². The Hall–Kier alpha value is -1.76. The number of hydrogen-bond acceptors (Lipinski definition) is 4. The highest BCUT2D eigenvalue weighted by molar-refractivity contribution is 5.80. The summed E-state index contributed by atoms with van der Waals surface area (Å²) in [7, 11) is 0. The number of aryl methyl sites for hydroxylation is 1. The van der Waals surface area contributed by atoms with Gasteiger partial charge < -0.3 is 5.32 Å². The molecule has 1 unspecified atom stereocenters. The molecule has 26 heavy (non-hydrogen) atoms. The van der Waals surface area contributed by atoms with Gasteiger partial charge in [0.05, 0.1) is 5.69 Å². The van der Waals surface area contributed by atoms with E-state index in [1.807, 2.05) is 32.6 Å². The van der Waals surface area contributed by atoms with Crippen LogP contribution in [-0.2, 0) is 11.2 Å². The first-order valence-electron chi connectivity index (χ1n) is 9.55. The molecular weight excluding hydrogens is 335 g/mol. The number of aromatic nitrogens is 2. The van der Waals surface area contributed by atoms with Gasteiger partial charge in [-0.05, 0) is 31.2 Å². The molecule has 0 bridgehead atoms. The fourth-order valence-corrected chi connectivity index (χ4v) is 3.15. The van der Waals surface area contributed by atoms with E-state index in [2.05, 4.69) is 10.4 Å². The highest BCUT2D eigenvalue weighted by atomic mass is 19.1. The number of likely N-dealkylation sites (tertiary alicyclic amines) is 1. The number of halogens is 1. The third-order valence-corrected chi connectivity index (χ3v) is 4.67. The first-order chi connectivity index (χ1) is 12.3. The van der Waals surface area contributed by atoms with Gasteiger partial charge >= 0.3 is 0 Å². The Balaban J connectivity index is 2.21. The molecule has 0 saturated carbocycles. The van der Waals surface area contributed by atoms with Gasteiger partial charge in [0.2, 0.25) is 5.91 Å². The summed E-state index contributed by atoms with van der Waals surface area (Å²) >= 11 is 0. The van der Waals surface area contributed by atoms with Gasteiger partial charge in [0.25, 0.3) is 5.56 Å². The molecule has 1 aromatic rings. The molecular formula is C19H31FN4O2. The highest BCUT2D eigenvalue weighted by Crippen LogP contribution is 2.17. The maximum absolute atomic E-state index is 13.0. The number of rotatable bonds is 9. The van der Waals surface area contributed by atoms with Gasteiger partial charge in [-0.15, -0.1) is 0 Å². The molecule has 0 aromatic carbocycles. The van der Waals surface area contributed by atoms with Gasteiger partial charge in [0.15, 0.2) is 0 Å². The summed E-state index contributed by atoms with van der Waals surface area (Å²) in [5.41, 5.74) is 1.36. The van der Waals surface area contributed by atoms with Crippen molar-refractivity contribution in [2.45, 2.75) is 59.2 Å². The molecule has 2 rings (SSSR count). The van der Waals surface area contributed by atoms with E-state index in [0.29, 0.717) is 39.0 Å². The largest absolute Gasteiger partial charge is 0.354 e. The lowest BCUT2D eigenvalue weighted by Crippen LogP contribution is -2.49. The number of nitrogens with one attached hydrogen (secondary N) is 1. The van der Waals surface area contributed by atoms with Crippen molar-refractivity contribution in [3.8, 4) is 0 Å². The van der Waals surface area contributed by atoms with Crippen LogP contribution in [0.15, 0.2) is 10.9 Å². The monoisotopic (exact) mass is 366 g/mol. The van der Waals surface area contributed by atoms with E-state index < -0.39 is 12.2 Å². The lowest BCUT2D eigenvalue weighted by Gasteiger charge is -2.34. The lowest BCUT2D eigenvalue weighted by atomic mass is 10.0. The molecule has 1 N–H and O–H groups in total. The van der Waals surface area contributed by atoms with Crippen LogP contribution in [0.3, 0.4) is 0 Å². The van der Waals surface area contributed by atoms with Crippen LogP contribution in [-0.4, -0.2) is 52.9 Å². The fourth-order valence-electron chi connectivity index (χ4n) is 3.15. The molecule has 1 saturated heterocycles. The van der Waals surface area contributed by atoms with Crippen LogP contribution in [0.25, 0.3) is 0 Å². The van der Waals surface area contributed by atoms with Gasteiger partial charge in [-0.3, -0.25) is 14.5 Å². The van der Waals surface area contributed by atoms with Crippen molar-refractivity contribution >= 4 is 5.91 Å². The van der Waals surface area contributed by atoms with E-state index in [0.717, 1.165) is 17.7 Å². The van der Waals surface area contributed by atoms with Gasteiger partial charge in [-0.2, -0.15) is 5.10 Å². The van der Waals surface area contributed by atoms with E-state index in [1.165, 1.54) is 4.68 Å². The summed E-state index contributed by atoms with van der Waals surface area (Å²) in [5.74, 6) is 0.0985. The second-order valence-corrected chi connectivity index (χ2v) is 7.60. The van der Waals surface area contributed by atoms with E-state index in [-0.39, 0.29) is 17.4 Å². The van der Waals surface area contributed by atoms with Crippen LogP contribution in [0.5, 0.6) is 0 Å². The number of carbonyl (C=O) groups is 1. The van der Waals surface area contributed by atoms with Crippen molar-refractivity contribution < 1.29 is 9.18 Å². The molecule has 1 aromatic heterocycles. The van der Waals surface area contributed by atoms with Gasteiger partial charge in [-0.25, -0.2) is 9.07 Å². The van der Waals surface area contributed by atoms with Crippen LogP contribution >= 0.6 is 0 Å². The Morgan fingerprint density at radius 2 is 2.12 bits per heavy atom. The maximum atomic E-state index is 13.0. The van der Waals surface area contributed by atoms with Crippen molar-refractivity contribution in [2.24, 2.45) is 5.92 Å². The van der Waals surface area contributed by atoms with Gasteiger partial charge in [0, 0.05) is 38.7 Å². The third-order valence-electron chi connectivity index (χ3n) is 4.67. The molecule has 1 atom stereocenters. The van der Waals surface area contributed by atoms with Crippen molar-refractivity contribution in [1.29, 1.82) is 0 Å². The highest BCUT2D eigenvalue weighted by Gasteiger charge is 2.27. The lowest BCUT2D eigenvalue weighted by molar-refractivity contribution is -0.125. The van der Waals surface area contributed by atoms with Crippen molar-refractivity contribution in [2.75, 3.05) is 26.2 Å². The number of hydrogen-bond donors (Lipinski definition) is 1. The quantitative estimate of drug-likeness (QED) is 0.724. The Labute approximate surface area is 154 Å². The van der Waals surface area contributed by atoms with Crippen LogP contribution in [0.2, 0.25) is 0 Å². The third kappa shape index (κ3) is 5.37. The van der Waals surface area contributed by atoms with Crippen molar-refractivity contribution in [1.82, 2.24) is 20.0 Å². The molecule has 0 radical (unpaired) electrons. The van der Waals surface area contributed by atoms with Gasteiger partial charge in [0.1, 0.15) is 12.2 Å². The predicted molar refractivity (Wildman–Crippen MR) is 100 cm³/mol. The number of alkyl halides is 1. The molecule has 0 spiro atoms. The molecule has 1 fully saturated rings. The maximum Gasteiger partial charge on any atom is 0.267 e.